The summed E-state index contributed by atoms with van der Waals surface area (Å²) in [4.78, 5) is 0. The van der Waals surface area contributed by atoms with Gasteiger partial charge >= 0.3 is 7.32 Å². The molecule has 0 aliphatic carbocycles. The van der Waals surface area contributed by atoms with Crippen LogP contribution in [0.15, 0.2) is 72.8 Å². The lowest BCUT2D eigenvalue weighted by Gasteiger charge is -2.24. The number of unbranched alkanes of at least 4 members (excludes halogenated alkanes) is 2. The van der Waals surface area contributed by atoms with Gasteiger partial charge in [0.15, 0.2) is 0 Å². The number of benzene rings is 3. The summed E-state index contributed by atoms with van der Waals surface area (Å²) in [5.41, 5.74) is 3.59. The molecular formula is C24H26BFO3. The van der Waals surface area contributed by atoms with Crippen LogP contribution in [0.4, 0.5) is 4.39 Å². The zero-order valence-corrected chi connectivity index (χ0v) is 16.6. The van der Waals surface area contributed by atoms with Gasteiger partial charge in [-0.2, -0.15) is 0 Å². The first-order chi connectivity index (χ1) is 14.1. The molecular weight excluding hydrogens is 366 g/mol. The van der Waals surface area contributed by atoms with Crippen LogP contribution >= 0.6 is 0 Å². The molecule has 29 heavy (non-hydrogen) atoms. The van der Waals surface area contributed by atoms with Gasteiger partial charge in [-0.05, 0) is 34.7 Å². The Morgan fingerprint density at radius 3 is 1.97 bits per heavy atom. The van der Waals surface area contributed by atoms with Crippen LogP contribution in [0.5, 0.6) is 0 Å². The van der Waals surface area contributed by atoms with Crippen LogP contribution in [-0.2, 0) is 4.65 Å². The Hall–Kier alpha value is -2.47. The smallest absolute Gasteiger partial charge is 0.402 e. The number of rotatable bonds is 9. The summed E-state index contributed by atoms with van der Waals surface area (Å²) in [6.07, 6.45) is 2.98. The van der Waals surface area contributed by atoms with Crippen molar-refractivity contribution in [1.29, 1.82) is 0 Å². The van der Waals surface area contributed by atoms with Gasteiger partial charge in [0.05, 0.1) is 6.10 Å². The Kier molecular flexibility index (Phi) is 7.58. The molecule has 0 bridgehead atoms. The van der Waals surface area contributed by atoms with Gasteiger partial charge in [0.2, 0.25) is 0 Å². The Labute approximate surface area is 172 Å². The minimum atomic E-state index is -1.89. The molecule has 1 atom stereocenters. The zero-order chi connectivity index (χ0) is 20.6. The van der Waals surface area contributed by atoms with Crippen molar-refractivity contribution in [1.82, 2.24) is 0 Å². The topological polar surface area (TPSA) is 49.7 Å². The molecule has 0 aromatic heterocycles. The molecule has 3 aromatic rings. The molecule has 5 heteroatoms. The highest BCUT2D eigenvalue weighted by Gasteiger charge is 2.26. The summed E-state index contributed by atoms with van der Waals surface area (Å²) in [6, 6.07) is 22.1. The predicted molar refractivity (Wildman–Crippen MR) is 115 cm³/mol. The minimum Gasteiger partial charge on any atom is -0.402 e. The van der Waals surface area contributed by atoms with Crippen molar-refractivity contribution >= 4 is 7.32 Å². The first-order valence-electron chi connectivity index (χ1n) is 10.1. The first kappa shape index (κ1) is 21.2. The van der Waals surface area contributed by atoms with Crippen LogP contribution in [0.1, 0.15) is 44.3 Å². The Bertz CT molecular complexity index is 901. The van der Waals surface area contributed by atoms with Gasteiger partial charge in [0.25, 0.3) is 0 Å². The van der Waals surface area contributed by atoms with E-state index in [0.717, 1.165) is 41.5 Å². The van der Waals surface area contributed by atoms with Crippen LogP contribution in [0.2, 0.25) is 0 Å². The van der Waals surface area contributed by atoms with Crippen molar-refractivity contribution in [2.45, 2.75) is 38.7 Å². The molecule has 150 valence electrons. The van der Waals surface area contributed by atoms with Crippen LogP contribution in [0.25, 0.3) is 22.3 Å². The second kappa shape index (κ2) is 10.4. The van der Waals surface area contributed by atoms with E-state index in [1.807, 2.05) is 60.7 Å². The Morgan fingerprint density at radius 2 is 1.41 bits per heavy atom. The number of hydrogen-bond donors (Lipinski definition) is 2. The Morgan fingerprint density at radius 1 is 0.828 bits per heavy atom. The van der Waals surface area contributed by atoms with Gasteiger partial charge < -0.3 is 14.7 Å². The fraction of sp³-hybridized carbons (Fsp3) is 0.250. The lowest BCUT2D eigenvalue weighted by molar-refractivity contribution is 0.110. The van der Waals surface area contributed by atoms with Crippen molar-refractivity contribution in [2.24, 2.45) is 0 Å². The lowest BCUT2D eigenvalue weighted by Crippen LogP contribution is -2.21. The second-order valence-electron chi connectivity index (χ2n) is 7.07. The predicted octanol–water partition coefficient (Wildman–Crippen LogP) is 5.77. The summed E-state index contributed by atoms with van der Waals surface area (Å²) < 4.78 is 20.6. The van der Waals surface area contributed by atoms with E-state index in [9.17, 15) is 10.0 Å². The molecule has 0 fully saturated rings. The largest absolute Gasteiger partial charge is 0.634 e. The monoisotopic (exact) mass is 392 g/mol. The fourth-order valence-electron chi connectivity index (χ4n) is 3.69. The highest BCUT2D eigenvalue weighted by molar-refractivity contribution is 6.32. The molecule has 0 heterocycles. The third-order valence-corrected chi connectivity index (χ3v) is 5.01. The normalized spacial score (nSPS) is 12.0. The Balaban J connectivity index is 2.20. The van der Waals surface area contributed by atoms with E-state index in [0.29, 0.717) is 12.0 Å². The van der Waals surface area contributed by atoms with Crippen molar-refractivity contribution in [2.75, 3.05) is 0 Å². The van der Waals surface area contributed by atoms with Crippen LogP contribution < -0.4 is 0 Å². The fourth-order valence-corrected chi connectivity index (χ4v) is 3.69. The quantitative estimate of drug-likeness (QED) is 0.359. The van der Waals surface area contributed by atoms with E-state index < -0.39 is 13.4 Å². The third-order valence-electron chi connectivity index (χ3n) is 5.01. The van der Waals surface area contributed by atoms with Gasteiger partial charge in [-0.25, -0.2) is 4.39 Å². The van der Waals surface area contributed by atoms with E-state index >= 15 is 4.39 Å². The summed E-state index contributed by atoms with van der Waals surface area (Å²) in [5.74, 6) is -0.323. The molecule has 3 aromatic carbocycles. The van der Waals surface area contributed by atoms with Crippen molar-refractivity contribution in [3.63, 3.8) is 0 Å². The van der Waals surface area contributed by atoms with Crippen LogP contribution in [0, 0.1) is 5.82 Å². The molecule has 2 N–H and O–H groups in total. The van der Waals surface area contributed by atoms with E-state index in [1.54, 1.807) is 6.07 Å². The van der Waals surface area contributed by atoms with Gasteiger partial charge in [0.1, 0.15) is 5.82 Å². The maximum absolute atomic E-state index is 15.1. The average molecular weight is 392 g/mol. The molecule has 0 saturated carbocycles. The maximum Gasteiger partial charge on any atom is 0.634 e. The van der Waals surface area contributed by atoms with E-state index in [1.165, 1.54) is 6.07 Å². The van der Waals surface area contributed by atoms with Gasteiger partial charge in [-0.3, -0.25) is 0 Å². The highest BCUT2D eigenvalue weighted by Crippen LogP contribution is 2.41. The standard InChI is InChI=1S/C24H26BFO3/c1-2-3-6-15-22(29-25(27)28)20-16-17-21(26)24(19-13-9-5-10-14-19)23(20)18-11-7-4-8-12-18/h4-5,7-14,16-17,22,27-28H,2-3,6,15H2,1H3. The number of halogens is 1. The summed E-state index contributed by atoms with van der Waals surface area (Å²) in [7, 11) is -1.89. The molecule has 0 saturated heterocycles. The summed E-state index contributed by atoms with van der Waals surface area (Å²) in [5, 5.41) is 19.0. The molecule has 0 aliphatic rings. The SMILES string of the molecule is CCCCCC(OB(O)O)c1ccc(F)c(-c2ccccc2)c1-c1ccccc1. The molecule has 0 amide bonds. The van der Waals surface area contributed by atoms with Crippen molar-refractivity contribution in [3.8, 4) is 22.3 Å². The van der Waals surface area contributed by atoms with E-state index in [4.69, 9.17) is 4.65 Å². The highest BCUT2D eigenvalue weighted by atomic mass is 19.1. The molecule has 1 unspecified atom stereocenters. The third kappa shape index (κ3) is 5.33. The number of hydrogen-bond acceptors (Lipinski definition) is 3. The molecule has 3 rings (SSSR count). The molecule has 3 nitrogen and oxygen atoms in total. The van der Waals surface area contributed by atoms with Crippen LogP contribution in [-0.4, -0.2) is 17.4 Å². The van der Waals surface area contributed by atoms with Crippen molar-refractivity contribution in [3.05, 3.63) is 84.2 Å². The molecule has 0 radical (unpaired) electrons. The van der Waals surface area contributed by atoms with Gasteiger partial charge in [0, 0.05) is 5.56 Å². The minimum absolute atomic E-state index is 0.323. The second-order valence-corrected chi connectivity index (χ2v) is 7.07. The van der Waals surface area contributed by atoms with E-state index in [2.05, 4.69) is 6.92 Å². The van der Waals surface area contributed by atoms with Crippen LogP contribution in [0.3, 0.4) is 0 Å². The lowest BCUT2D eigenvalue weighted by atomic mass is 9.86. The van der Waals surface area contributed by atoms with Gasteiger partial charge in [-0.15, -0.1) is 0 Å². The van der Waals surface area contributed by atoms with Crippen molar-refractivity contribution < 1.29 is 19.1 Å². The zero-order valence-electron chi connectivity index (χ0n) is 16.6. The van der Waals surface area contributed by atoms with Gasteiger partial charge in [-0.1, -0.05) is 92.9 Å². The average Bonchev–Trinajstić information content (AvgIpc) is 2.74. The first-order valence-corrected chi connectivity index (χ1v) is 10.1. The molecule has 0 spiro atoms. The molecule has 0 aliphatic heterocycles. The van der Waals surface area contributed by atoms with E-state index in [-0.39, 0.29) is 5.82 Å². The maximum atomic E-state index is 15.1. The summed E-state index contributed by atoms with van der Waals surface area (Å²) >= 11 is 0. The summed E-state index contributed by atoms with van der Waals surface area (Å²) in [6.45, 7) is 2.11.